The summed E-state index contributed by atoms with van der Waals surface area (Å²) in [6.45, 7) is 9.23. The number of piperazine rings is 1. The highest BCUT2D eigenvalue weighted by Gasteiger charge is 2.16. The molecule has 1 fully saturated rings. The normalized spacial score (nSPS) is 14.3. The zero-order valence-corrected chi connectivity index (χ0v) is 20.9. The Hall–Kier alpha value is -3.14. The van der Waals surface area contributed by atoms with Crippen molar-refractivity contribution >= 4 is 35.1 Å². The first kappa shape index (κ1) is 25.0. The van der Waals surface area contributed by atoms with Crippen LogP contribution < -0.4 is 10.6 Å². The van der Waals surface area contributed by atoms with Gasteiger partial charge >= 0.3 is 0 Å². The molecule has 0 unspecified atom stereocenters. The molecule has 184 valence electrons. The average molecular weight is 497 g/mol. The van der Waals surface area contributed by atoms with Gasteiger partial charge in [-0.2, -0.15) is 5.10 Å². The van der Waals surface area contributed by atoms with E-state index >= 15 is 0 Å². The molecule has 0 saturated carbocycles. The smallest absolute Gasteiger partial charge is 0.229 e. The van der Waals surface area contributed by atoms with Gasteiger partial charge in [0.1, 0.15) is 11.5 Å². The Kier molecular flexibility index (Phi) is 7.59. The molecule has 8 nitrogen and oxygen atoms in total. The van der Waals surface area contributed by atoms with Crippen LogP contribution in [-0.4, -0.2) is 55.8 Å². The number of benzene rings is 1. The van der Waals surface area contributed by atoms with E-state index in [4.69, 9.17) is 0 Å². The molecular weight excluding hydrogens is 467 g/mol. The number of fused-ring (bicyclic) bond motifs is 1. The Labute approximate surface area is 210 Å². The second-order valence-corrected chi connectivity index (χ2v) is 8.99. The van der Waals surface area contributed by atoms with Gasteiger partial charge in [-0.05, 0) is 29.7 Å². The number of aromatic nitrogens is 5. The van der Waals surface area contributed by atoms with Gasteiger partial charge in [0.05, 0.1) is 11.7 Å². The van der Waals surface area contributed by atoms with E-state index in [1.54, 1.807) is 0 Å². The fourth-order valence-corrected chi connectivity index (χ4v) is 4.51. The van der Waals surface area contributed by atoms with Crippen LogP contribution >= 0.6 is 12.4 Å². The number of aryl methyl sites for hydroxylation is 1. The molecule has 3 aromatic heterocycles. The minimum absolute atomic E-state index is 0. The fraction of sp³-hybridized carbons (Fsp3) is 0.360. The first-order valence-electron chi connectivity index (χ1n) is 11.6. The van der Waals surface area contributed by atoms with Gasteiger partial charge in [0, 0.05) is 62.6 Å². The molecule has 1 aliphatic rings. The van der Waals surface area contributed by atoms with Crippen molar-refractivity contribution in [1.29, 1.82) is 0 Å². The molecule has 5 rings (SSSR count). The molecular formula is C25H30ClFN8. The molecule has 1 aromatic carbocycles. The minimum Gasteiger partial charge on any atom is -0.314 e. The number of nitrogens with one attached hydrogen (secondary N) is 2. The molecule has 35 heavy (non-hydrogen) atoms. The molecule has 1 saturated heterocycles. The van der Waals surface area contributed by atoms with Gasteiger partial charge in [-0.15, -0.1) is 12.4 Å². The summed E-state index contributed by atoms with van der Waals surface area (Å²) in [4.78, 5) is 15.5. The summed E-state index contributed by atoms with van der Waals surface area (Å²) in [5.74, 6) is 0.734. The number of nitrogens with zero attached hydrogens (tertiary/aromatic N) is 6. The van der Waals surface area contributed by atoms with E-state index in [9.17, 15) is 4.39 Å². The first-order chi connectivity index (χ1) is 16.5. The molecule has 4 heterocycles. The molecule has 4 aromatic rings. The monoisotopic (exact) mass is 496 g/mol. The van der Waals surface area contributed by atoms with E-state index in [0.29, 0.717) is 23.2 Å². The van der Waals surface area contributed by atoms with E-state index in [2.05, 4.69) is 49.4 Å². The van der Waals surface area contributed by atoms with Crippen LogP contribution in [0.5, 0.6) is 0 Å². The molecule has 1 aliphatic heterocycles. The van der Waals surface area contributed by atoms with E-state index < -0.39 is 5.82 Å². The maximum atomic E-state index is 14.7. The number of anilines is 2. The van der Waals surface area contributed by atoms with Crippen LogP contribution in [0.15, 0.2) is 42.7 Å². The topological polar surface area (TPSA) is 83.8 Å². The summed E-state index contributed by atoms with van der Waals surface area (Å²) in [5, 5.41) is 12.0. The molecule has 0 atom stereocenters. The Morgan fingerprint density at radius 3 is 2.60 bits per heavy atom. The van der Waals surface area contributed by atoms with Crippen LogP contribution in [0.3, 0.4) is 0 Å². The van der Waals surface area contributed by atoms with Crippen molar-refractivity contribution in [3.05, 3.63) is 59.8 Å². The van der Waals surface area contributed by atoms with Crippen molar-refractivity contribution in [2.45, 2.75) is 26.3 Å². The van der Waals surface area contributed by atoms with Gasteiger partial charge < -0.3 is 10.6 Å². The standard InChI is InChI=1S/C25H29FN8.ClH/c1-16(2)24-19-12-18(5-6-21(19)32-33(24)3)23-20(26)14-29-25(31-23)30-22-7-4-17(13-28-22)15-34-10-8-27-9-11-34;/h4-7,12-14,16,27H,8-11,15H2,1-3H3,(H,28,29,30,31);1H. The SMILES string of the molecule is CC(C)c1c2cc(-c3nc(Nc4ccc(CN5CCNCC5)cn4)ncc3F)ccc2nn1C.Cl. The van der Waals surface area contributed by atoms with Gasteiger partial charge in [-0.3, -0.25) is 9.58 Å². The number of hydrogen-bond acceptors (Lipinski definition) is 7. The quantitative estimate of drug-likeness (QED) is 0.412. The lowest BCUT2D eigenvalue weighted by atomic mass is 10.0. The molecule has 0 bridgehead atoms. The highest BCUT2D eigenvalue weighted by Crippen LogP contribution is 2.30. The van der Waals surface area contributed by atoms with Crippen molar-refractivity contribution in [1.82, 2.24) is 34.9 Å². The highest BCUT2D eigenvalue weighted by molar-refractivity contribution is 5.87. The Morgan fingerprint density at radius 2 is 1.89 bits per heavy atom. The lowest BCUT2D eigenvalue weighted by Gasteiger charge is -2.27. The van der Waals surface area contributed by atoms with E-state index in [-0.39, 0.29) is 18.1 Å². The predicted octanol–water partition coefficient (Wildman–Crippen LogP) is 4.26. The van der Waals surface area contributed by atoms with Gasteiger partial charge in [0.2, 0.25) is 5.95 Å². The average Bonchev–Trinajstić information content (AvgIpc) is 3.17. The molecule has 2 N–H and O–H groups in total. The van der Waals surface area contributed by atoms with Gasteiger partial charge in [-0.25, -0.2) is 19.3 Å². The van der Waals surface area contributed by atoms with Crippen molar-refractivity contribution in [3.63, 3.8) is 0 Å². The predicted molar refractivity (Wildman–Crippen MR) is 139 cm³/mol. The van der Waals surface area contributed by atoms with Gasteiger partial charge in [0.25, 0.3) is 0 Å². The first-order valence-corrected chi connectivity index (χ1v) is 11.6. The number of pyridine rings is 1. The molecule has 0 amide bonds. The summed E-state index contributed by atoms with van der Waals surface area (Å²) < 4.78 is 16.6. The van der Waals surface area contributed by atoms with E-state index in [1.807, 2.05) is 48.3 Å². The number of halogens is 2. The van der Waals surface area contributed by atoms with Crippen LogP contribution in [-0.2, 0) is 13.6 Å². The Morgan fingerprint density at radius 1 is 1.09 bits per heavy atom. The maximum absolute atomic E-state index is 14.7. The van der Waals surface area contributed by atoms with Crippen LogP contribution in [0, 0.1) is 5.82 Å². The van der Waals surface area contributed by atoms with Crippen LogP contribution in [0.2, 0.25) is 0 Å². The third-order valence-corrected chi connectivity index (χ3v) is 6.12. The Bertz CT molecular complexity index is 1300. The lowest BCUT2D eigenvalue weighted by Crippen LogP contribution is -2.42. The van der Waals surface area contributed by atoms with Crippen molar-refractivity contribution in [3.8, 4) is 11.3 Å². The zero-order valence-electron chi connectivity index (χ0n) is 20.1. The molecule has 0 radical (unpaired) electrons. The van der Waals surface area contributed by atoms with Crippen LogP contribution in [0.25, 0.3) is 22.2 Å². The van der Waals surface area contributed by atoms with Crippen molar-refractivity contribution in [2.24, 2.45) is 7.05 Å². The fourth-order valence-electron chi connectivity index (χ4n) is 4.51. The lowest BCUT2D eigenvalue weighted by molar-refractivity contribution is 0.233. The summed E-state index contributed by atoms with van der Waals surface area (Å²) in [7, 11) is 1.93. The molecule has 0 spiro atoms. The van der Waals surface area contributed by atoms with Crippen LogP contribution in [0.1, 0.15) is 31.0 Å². The van der Waals surface area contributed by atoms with Gasteiger partial charge in [0.15, 0.2) is 5.82 Å². The Balaban J connectivity index is 0.00000289. The third kappa shape index (κ3) is 5.42. The largest absolute Gasteiger partial charge is 0.314 e. The van der Waals surface area contributed by atoms with E-state index in [1.165, 1.54) is 6.20 Å². The van der Waals surface area contributed by atoms with Crippen molar-refractivity contribution < 1.29 is 4.39 Å². The summed E-state index contributed by atoms with van der Waals surface area (Å²) in [6, 6.07) is 9.66. The number of rotatable bonds is 6. The molecule has 10 heteroatoms. The van der Waals surface area contributed by atoms with Crippen LogP contribution in [0.4, 0.5) is 16.2 Å². The summed E-state index contributed by atoms with van der Waals surface area (Å²) in [6.07, 6.45) is 3.05. The summed E-state index contributed by atoms with van der Waals surface area (Å²) in [5.41, 5.74) is 4.07. The second-order valence-electron chi connectivity index (χ2n) is 8.99. The maximum Gasteiger partial charge on any atom is 0.229 e. The summed E-state index contributed by atoms with van der Waals surface area (Å²) >= 11 is 0. The van der Waals surface area contributed by atoms with Gasteiger partial charge in [-0.1, -0.05) is 26.0 Å². The minimum atomic E-state index is -0.473. The molecule has 0 aliphatic carbocycles. The second kappa shape index (κ2) is 10.6. The third-order valence-electron chi connectivity index (χ3n) is 6.12. The van der Waals surface area contributed by atoms with E-state index in [0.717, 1.165) is 54.9 Å². The van der Waals surface area contributed by atoms with Crippen molar-refractivity contribution in [2.75, 3.05) is 31.5 Å². The number of hydrogen-bond donors (Lipinski definition) is 2. The highest BCUT2D eigenvalue weighted by atomic mass is 35.5. The zero-order chi connectivity index (χ0) is 23.7.